The number of nitrogens with zero attached hydrogens (tertiary/aromatic N) is 1. The molecule has 3 aromatic rings. The van der Waals surface area contributed by atoms with Gasteiger partial charge in [-0.3, -0.25) is 9.59 Å². The van der Waals surface area contributed by atoms with Gasteiger partial charge in [0, 0.05) is 12.1 Å². The minimum atomic E-state index is -0.683. The minimum absolute atomic E-state index is 0.106. The molecule has 0 radical (unpaired) electrons. The number of carbonyl (C=O) groups is 2. The van der Waals surface area contributed by atoms with Crippen LogP contribution in [0.25, 0.3) is 5.76 Å². The number of aliphatic hydroxyl groups is 1. The minimum Gasteiger partial charge on any atom is -0.507 e. The molecule has 1 fully saturated rings. The SMILES string of the molecule is COc1ccc(CCN2C(=O)C(=O)/C(=C(\O)c3ccc(C)cc3)C2c2ccc(C)cc2)cc1OC. The lowest BCUT2D eigenvalue weighted by Crippen LogP contribution is -2.31. The van der Waals surface area contributed by atoms with E-state index in [0.717, 1.165) is 22.3 Å². The van der Waals surface area contributed by atoms with Crippen LogP contribution in [0.4, 0.5) is 0 Å². The van der Waals surface area contributed by atoms with E-state index in [2.05, 4.69) is 0 Å². The molecule has 35 heavy (non-hydrogen) atoms. The van der Waals surface area contributed by atoms with Gasteiger partial charge in [0.1, 0.15) is 5.76 Å². The van der Waals surface area contributed by atoms with Gasteiger partial charge in [0.15, 0.2) is 11.5 Å². The molecule has 1 heterocycles. The van der Waals surface area contributed by atoms with Crippen molar-refractivity contribution in [3.8, 4) is 11.5 Å². The number of carbonyl (C=O) groups excluding carboxylic acids is 2. The number of aryl methyl sites for hydroxylation is 2. The number of methoxy groups -OCH3 is 2. The maximum atomic E-state index is 13.2. The Morgan fingerprint density at radius 2 is 1.46 bits per heavy atom. The van der Waals surface area contributed by atoms with Crippen molar-refractivity contribution in [3.05, 3.63) is 100 Å². The second-order valence-electron chi connectivity index (χ2n) is 8.71. The lowest BCUT2D eigenvalue weighted by molar-refractivity contribution is -0.139. The number of amides is 1. The maximum absolute atomic E-state index is 13.2. The number of hydrogen-bond donors (Lipinski definition) is 1. The van der Waals surface area contributed by atoms with Crippen molar-refractivity contribution in [2.24, 2.45) is 0 Å². The van der Waals surface area contributed by atoms with Crippen LogP contribution in [0.1, 0.15) is 33.9 Å². The van der Waals surface area contributed by atoms with Crippen molar-refractivity contribution >= 4 is 17.4 Å². The predicted molar refractivity (Wildman–Crippen MR) is 135 cm³/mol. The predicted octanol–water partition coefficient (Wildman–Crippen LogP) is 4.99. The fourth-order valence-corrected chi connectivity index (χ4v) is 4.36. The molecular formula is C29H29NO5. The lowest BCUT2D eigenvalue weighted by Gasteiger charge is -2.25. The third kappa shape index (κ3) is 4.78. The number of rotatable bonds is 7. The van der Waals surface area contributed by atoms with Crippen LogP contribution in [-0.2, 0) is 16.0 Å². The summed E-state index contributed by atoms with van der Waals surface area (Å²) in [5.74, 6) is -0.246. The van der Waals surface area contributed by atoms with E-state index in [9.17, 15) is 14.7 Å². The van der Waals surface area contributed by atoms with E-state index in [0.29, 0.717) is 30.0 Å². The molecule has 1 aliphatic heterocycles. The van der Waals surface area contributed by atoms with Gasteiger partial charge in [-0.2, -0.15) is 0 Å². The Morgan fingerprint density at radius 1 is 0.857 bits per heavy atom. The number of hydrogen-bond acceptors (Lipinski definition) is 5. The summed E-state index contributed by atoms with van der Waals surface area (Å²) in [7, 11) is 3.15. The second kappa shape index (κ2) is 10.1. The largest absolute Gasteiger partial charge is 0.507 e. The third-order valence-corrected chi connectivity index (χ3v) is 6.35. The number of Topliss-reactive ketones (excluding diaryl/α,β-unsaturated/α-hetero) is 1. The van der Waals surface area contributed by atoms with Crippen LogP contribution in [0.3, 0.4) is 0 Å². The Hall–Kier alpha value is -4.06. The number of benzene rings is 3. The van der Waals surface area contributed by atoms with Crippen molar-refractivity contribution in [2.75, 3.05) is 20.8 Å². The molecule has 0 bridgehead atoms. The molecule has 0 aromatic heterocycles. The van der Waals surface area contributed by atoms with Crippen LogP contribution in [0, 0.1) is 13.8 Å². The van der Waals surface area contributed by atoms with Gasteiger partial charge in [0.2, 0.25) is 0 Å². The molecule has 1 saturated heterocycles. The molecule has 1 N–H and O–H groups in total. The zero-order valence-electron chi connectivity index (χ0n) is 20.4. The Balaban J connectivity index is 1.73. The van der Waals surface area contributed by atoms with Gasteiger partial charge in [-0.1, -0.05) is 65.7 Å². The first-order chi connectivity index (χ1) is 16.8. The summed E-state index contributed by atoms with van der Waals surface area (Å²) >= 11 is 0. The average Bonchev–Trinajstić information content (AvgIpc) is 3.12. The first-order valence-electron chi connectivity index (χ1n) is 11.5. The summed E-state index contributed by atoms with van der Waals surface area (Å²) in [6.07, 6.45) is 0.500. The summed E-state index contributed by atoms with van der Waals surface area (Å²) in [6, 6.07) is 19.8. The van der Waals surface area contributed by atoms with Gasteiger partial charge in [0.25, 0.3) is 11.7 Å². The highest BCUT2D eigenvalue weighted by Gasteiger charge is 2.45. The molecule has 1 unspecified atom stereocenters. The van der Waals surface area contributed by atoms with E-state index < -0.39 is 17.7 Å². The topological polar surface area (TPSA) is 76.1 Å². The summed E-state index contributed by atoms with van der Waals surface area (Å²) in [5, 5.41) is 11.2. The van der Waals surface area contributed by atoms with Crippen LogP contribution in [0.15, 0.2) is 72.3 Å². The smallest absolute Gasteiger partial charge is 0.295 e. The van der Waals surface area contributed by atoms with Gasteiger partial charge >= 0.3 is 0 Å². The van der Waals surface area contributed by atoms with Gasteiger partial charge in [-0.15, -0.1) is 0 Å². The molecule has 3 aromatic carbocycles. The number of aliphatic hydroxyl groups excluding tert-OH is 1. The van der Waals surface area contributed by atoms with Gasteiger partial charge in [-0.05, 0) is 43.5 Å². The molecule has 1 amide bonds. The van der Waals surface area contributed by atoms with E-state index in [1.165, 1.54) is 0 Å². The molecule has 180 valence electrons. The third-order valence-electron chi connectivity index (χ3n) is 6.35. The highest BCUT2D eigenvalue weighted by Crippen LogP contribution is 2.39. The quantitative estimate of drug-likeness (QED) is 0.299. The van der Waals surface area contributed by atoms with Crippen LogP contribution in [-0.4, -0.2) is 42.5 Å². The van der Waals surface area contributed by atoms with E-state index in [1.807, 2.05) is 68.4 Å². The molecule has 4 rings (SSSR count). The van der Waals surface area contributed by atoms with Gasteiger partial charge in [0.05, 0.1) is 25.8 Å². The number of likely N-dealkylation sites (tertiary alicyclic amines) is 1. The Labute approximate surface area is 205 Å². The molecule has 1 atom stereocenters. The molecular weight excluding hydrogens is 442 g/mol. The standard InChI is InChI=1S/C29H29NO5/c1-18-5-10-21(11-6-18)26-25(27(31)22-12-7-19(2)8-13-22)28(32)29(33)30(26)16-15-20-9-14-23(34-3)24(17-20)35-4/h5-14,17,26,31H,15-16H2,1-4H3/b27-25-. The van der Waals surface area contributed by atoms with Crippen LogP contribution < -0.4 is 9.47 Å². The van der Waals surface area contributed by atoms with Crippen molar-refractivity contribution < 1.29 is 24.2 Å². The van der Waals surface area contributed by atoms with Crippen LogP contribution in [0.5, 0.6) is 11.5 Å². The highest BCUT2D eigenvalue weighted by molar-refractivity contribution is 6.46. The maximum Gasteiger partial charge on any atom is 0.295 e. The highest BCUT2D eigenvalue weighted by atomic mass is 16.5. The first-order valence-corrected chi connectivity index (χ1v) is 11.5. The molecule has 0 saturated carbocycles. The lowest BCUT2D eigenvalue weighted by atomic mass is 9.94. The van der Waals surface area contributed by atoms with E-state index >= 15 is 0 Å². The Morgan fingerprint density at radius 3 is 2.06 bits per heavy atom. The number of ketones is 1. The average molecular weight is 472 g/mol. The summed E-state index contributed by atoms with van der Waals surface area (Å²) in [4.78, 5) is 27.9. The fraction of sp³-hybridized carbons (Fsp3) is 0.241. The fourth-order valence-electron chi connectivity index (χ4n) is 4.36. The van der Waals surface area contributed by atoms with Crippen LogP contribution >= 0.6 is 0 Å². The zero-order valence-corrected chi connectivity index (χ0v) is 20.4. The summed E-state index contributed by atoms with van der Waals surface area (Å²) in [6.45, 7) is 4.22. The summed E-state index contributed by atoms with van der Waals surface area (Å²) in [5.41, 5.74) is 4.42. The normalized spacial score (nSPS) is 17.0. The van der Waals surface area contributed by atoms with Crippen molar-refractivity contribution in [3.63, 3.8) is 0 Å². The molecule has 1 aliphatic rings. The monoisotopic (exact) mass is 471 g/mol. The Bertz CT molecular complexity index is 1280. The van der Waals surface area contributed by atoms with E-state index in [1.54, 1.807) is 31.3 Å². The van der Waals surface area contributed by atoms with Crippen molar-refractivity contribution in [1.82, 2.24) is 4.90 Å². The van der Waals surface area contributed by atoms with E-state index in [4.69, 9.17) is 9.47 Å². The molecule has 6 nitrogen and oxygen atoms in total. The van der Waals surface area contributed by atoms with Crippen LogP contribution in [0.2, 0.25) is 0 Å². The summed E-state index contributed by atoms with van der Waals surface area (Å²) < 4.78 is 10.7. The molecule has 0 aliphatic carbocycles. The van der Waals surface area contributed by atoms with E-state index in [-0.39, 0.29) is 11.3 Å². The Kier molecular flexibility index (Phi) is 6.92. The van der Waals surface area contributed by atoms with Crippen molar-refractivity contribution in [2.45, 2.75) is 26.3 Å². The molecule has 6 heteroatoms. The number of ether oxygens (including phenoxy) is 2. The molecule has 0 spiro atoms. The van der Waals surface area contributed by atoms with Gasteiger partial charge < -0.3 is 19.5 Å². The first kappa shape index (κ1) is 24.1. The second-order valence-corrected chi connectivity index (χ2v) is 8.71. The van der Waals surface area contributed by atoms with Crippen molar-refractivity contribution in [1.29, 1.82) is 0 Å². The zero-order chi connectivity index (χ0) is 25.1. The van der Waals surface area contributed by atoms with Gasteiger partial charge in [-0.25, -0.2) is 0 Å².